The molecule has 0 amide bonds. The van der Waals surface area contributed by atoms with Gasteiger partial charge in [0.2, 0.25) is 0 Å². The van der Waals surface area contributed by atoms with Crippen molar-refractivity contribution in [2.45, 2.75) is 66.9 Å². The van der Waals surface area contributed by atoms with Gasteiger partial charge in [-0.25, -0.2) is 0 Å². The zero-order chi connectivity index (χ0) is 12.9. The Morgan fingerprint density at radius 3 is 2.06 bits per heavy atom. The van der Waals surface area contributed by atoms with Gasteiger partial charge in [-0.2, -0.15) is 0 Å². The van der Waals surface area contributed by atoms with Gasteiger partial charge in [0.25, 0.3) is 0 Å². The molecule has 0 aromatic heterocycles. The number of carbonyl (C=O) groups excluding carboxylic acids is 1. The second kappa shape index (κ2) is 6.27. The van der Waals surface area contributed by atoms with Crippen molar-refractivity contribution in [1.29, 1.82) is 0 Å². The molecule has 0 saturated heterocycles. The minimum Gasteiger partial charge on any atom is -0.459 e. The van der Waals surface area contributed by atoms with Crippen LogP contribution in [0.25, 0.3) is 0 Å². The van der Waals surface area contributed by atoms with Crippen LogP contribution in [0.5, 0.6) is 0 Å². The molecule has 0 saturated carbocycles. The van der Waals surface area contributed by atoms with E-state index < -0.39 is 0 Å². The molecule has 0 aliphatic rings. The van der Waals surface area contributed by atoms with E-state index in [-0.39, 0.29) is 17.5 Å². The maximum absolute atomic E-state index is 11.7. The molecule has 0 N–H and O–H groups in total. The van der Waals surface area contributed by atoms with Gasteiger partial charge in [-0.15, -0.1) is 0 Å². The van der Waals surface area contributed by atoms with Gasteiger partial charge in [0.15, 0.2) is 0 Å². The van der Waals surface area contributed by atoms with Crippen LogP contribution < -0.4 is 0 Å². The quantitative estimate of drug-likeness (QED) is 0.641. The minimum absolute atomic E-state index is 0.00799. The topological polar surface area (TPSA) is 26.3 Å². The third-order valence-corrected chi connectivity index (χ3v) is 3.34. The van der Waals surface area contributed by atoms with Gasteiger partial charge in [0.1, 0.15) is 5.60 Å². The number of esters is 1. The monoisotopic (exact) mass is 228 g/mol. The summed E-state index contributed by atoms with van der Waals surface area (Å²) in [6.45, 7) is 14.6. The lowest BCUT2D eigenvalue weighted by Gasteiger charge is -2.30. The summed E-state index contributed by atoms with van der Waals surface area (Å²) in [6.07, 6.45) is 1.77. The Morgan fingerprint density at radius 1 is 1.19 bits per heavy atom. The molecule has 2 heteroatoms. The molecule has 0 radical (unpaired) electrons. The predicted molar refractivity (Wildman–Crippen MR) is 68.2 cm³/mol. The molecule has 0 bridgehead atoms. The van der Waals surface area contributed by atoms with Gasteiger partial charge in [-0.05, 0) is 38.5 Å². The predicted octanol–water partition coefficient (Wildman–Crippen LogP) is 4.04. The van der Waals surface area contributed by atoms with Crippen molar-refractivity contribution < 1.29 is 9.53 Å². The molecule has 0 heterocycles. The van der Waals surface area contributed by atoms with E-state index in [0.717, 1.165) is 12.8 Å². The summed E-state index contributed by atoms with van der Waals surface area (Å²) < 4.78 is 5.57. The van der Waals surface area contributed by atoms with Crippen LogP contribution in [0.1, 0.15) is 61.3 Å². The standard InChI is InChI=1S/C14H28O2/c1-8-11(4)13(15)16-14(6,7)9-12(5)10(2)3/h10-12H,8-9H2,1-7H3. The second-order valence-corrected chi connectivity index (χ2v) is 5.92. The van der Waals surface area contributed by atoms with Crippen LogP contribution in [-0.4, -0.2) is 11.6 Å². The van der Waals surface area contributed by atoms with Crippen molar-refractivity contribution in [3.8, 4) is 0 Å². The lowest BCUT2D eigenvalue weighted by atomic mass is 9.87. The van der Waals surface area contributed by atoms with Crippen LogP contribution in [0.3, 0.4) is 0 Å². The maximum atomic E-state index is 11.7. The molecule has 0 aromatic rings. The first-order chi connectivity index (χ1) is 7.19. The highest BCUT2D eigenvalue weighted by molar-refractivity contribution is 5.72. The summed E-state index contributed by atoms with van der Waals surface area (Å²) >= 11 is 0. The zero-order valence-corrected chi connectivity index (χ0v) is 12.0. The normalized spacial score (nSPS) is 16.0. The van der Waals surface area contributed by atoms with E-state index in [4.69, 9.17) is 4.74 Å². The Hall–Kier alpha value is -0.530. The van der Waals surface area contributed by atoms with E-state index in [1.807, 2.05) is 27.7 Å². The number of ether oxygens (including phenoxy) is 1. The minimum atomic E-state index is -0.343. The van der Waals surface area contributed by atoms with Crippen LogP contribution in [-0.2, 0) is 9.53 Å². The van der Waals surface area contributed by atoms with Gasteiger partial charge in [-0.1, -0.05) is 34.6 Å². The van der Waals surface area contributed by atoms with Gasteiger partial charge in [0, 0.05) is 0 Å². The van der Waals surface area contributed by atoms with Gasteiger partial charge >= 0.3 is 5.97 Å². The third kappa shape index (κ3) is 5.53. The number of hydrogen-bond acceptors (Lipinski definition) is 2. The van der Waals surface area contributed by atoms with E-state index in [0.29, 0.717) is 11.8 Å². The summed E-state index contributed by atoms with van der Waals surface area (Å²) in [7, 11) is 0. The second-order valence-electron chi connectivity index (χ2n) is 5.92. The van der Waals surface area contributed by atoms with Crippen LogP contribution >= 0.6 is 0 Å². The fourth-order valence-corrected chi connectivity index (χ4v) is 1.59. The van der Waals surface area contributed by atoms with Crippen molar-refractivity contribution in [3.63, 3.8) is 0 Å². The van der Waals surface area contributed by atoms with Gasteiger partial charge in [-0.3, -0.25) is 4.79 Å². The van der Waals surface area contributed by atoms with Crippen molar-refractivity contribution in [3.05, 3.63) is 0 Å². The molecule has 96 valence electrons. The fraction of sp³-hybridized carbons (Fsp3) is 0.929. The van der Waals surface area contributed by atoms with Crippen molar-refractivity contribution in [1.82, 2.24) is 0 Å². The Labute approximate surface area is 101 Å². The van der Waals surface area contributed by atoms with Crippen LogP contribution in [0, 0.1) is 17.8 Å². The summed E-state index contributed by atoms with van der Waals surface area (Å²) in [5.74, 6) is 1.14. The first-order valence-corrected chi connectivity index (χ1v) is 6.42. The molecule has 2 nitrogen and oxygen atoms in total. The van der Waals surface area contributed by atoms with Crippen molar-refractivity contribution in [2.24, 2.45) is 17.8 Å². The first-order valence-electron chi connectivity index (χ1n) is 6.42. The van der Waals surface area contributed by atoms with Crippen LogP contribution in [0.2, 0.25) is 0 Å². The largest absolute Gasteiger partial charge is 0.459 e. The molecule has 16 heavy (non-hydrogen) atoms. The highest BCUT2D eigenvalue weighted by atomic mass is 16.6. The first kappa shape index (κ1) is 15.5. The summed E-state index contributed by atoms with van der Waals surface area (Å²) in [5.41, 5.74) is -0.343. The molecular formula is C14H28O2. The maximum Gasteiger partial charge on any atom is 0.309 e. The lowest BCUT2D eigenvalue weighted by molar-refractivity contribution is -0.162. The molecule has 2 atom stereocenters. The van der Waals surface area contributed by atoms with E-state index in [2.05, 4.69) is 20.8 Å². The highest BCUT2D eigenvalue weighted by Gasteiger charge is 2.28. The van der Waals surface area contributed by atoms with Crippen LogP contribution in [0.15, 0.2) is 0 Å². The van der Waals surface area contributed by atoms with E-state index in [1.54, 1.807) is 0 Å². The highest BCUT2D eigenvalue weighted by Crippen LogP contribution is 2.26. The molecule has 0 fully saturated rings. The number of rotatable bonds is 6. The van der Waals surface area contributed by atoms with Crippen molar-refractivity contribution in [2.75, 3.05) is 0 Å². The third-order valence-electron chi connectivity index (χ3n) is 3.34. The number of hydrogen-bond donors (Lipinski definition) is 0. The summed E-state index contributed by atoms with van der Waals surface area (Å²) in [6, 6.07) is 0. The van der Waals surface area contributed by atoms with Gasteiger partial charge < -0.3 is 4.74 Å². The average Bonchev–Trinajstić information content (AvgIpc) is 2.14. The molecule has 2 unspecified atom stereocenters. The van der Waals surface area contributed by atoms with Crippen LogP contribution in [0.4, 0.5) is 0 Å². The Balaban J connectivity index is 4.29. The van der Waals surface area contributed by atoms with E-state index >= 15 is 0 Å². The summed E-state index contributed by atoms with van der Waals surface area (Å²) in [4.78, 5) is 11.7. The Bertz CT molecular complexity index is 219. The fourth-order valence-electron chi connectivity index (χ4n) is 1.59. The SMILES string of the molecule is CCC(C)C(=O)OC(C)(C)CC(C)C(C)C. The molecule has 0 spiro atoms. The number of carbonyl (C=O) groups is 1. The molecule has 0 aliphatic heterocycles. The summed E-state index contributed by atoms with van der Waals surface area (Å²) in [5, 5.41) is 0. The average molecular weight is 228 g/mol. The van der Waals surface area contributed by atoms with E-state index in [9.17, 15) is 4.79 Å². The van der Waals surface area contributed by atoms with Gasteiger partial charge in [0.05, 0.1) is 5.92 Å². The zero-order valence-electron chi connectivity index (χ0n) is 12.0. The Kier molecular flexibility index (Phi) is 6.06. The van der Waals surface area contributed by atoms with E-state index in [1.165, 1.54) is 0 Å². The molecule has 0 aromatic carbocycles. The Morgan fingerprint density at radius 2 is 1.69 bits per heavy atom. The molecular weight excluding hydrogens is 200 g/mol. The van der Waals surface area contributed by atoms with Crippen molar-refractivity contribution >= 4 is 5.97 Å². The smallest absolute Gasteiger partial charge is 0.309 e. The molecule has 0 aliphatic carbocycles. The lowest BCUT2D eigenvalue weighted by Crippen LogP contribution is -2.33. The molecule has 0 rings (SSSR count).